The Bertz CT molecular complexity index is 795. The van der Waals surface area contributed by atoms with Gasteiger partial charge in [0.25, 0.3) is 0 Å². The predicted molar refractivity (Wildman–Crippen MR) is 79.6 cm³/mol. The summed E-state index contributed by atoms with van der Waals surface area (Å²) in [6.07, 6.45) is 1.86. The van der Waals surface area contributed by atoms with Crippen LogP contribution in [0.4, 0.5) is 0 Å². The van der Waals surface area contributed by atoms with E-state index >= 15 is 0 Å². The highest BCUT2D eigenvalue weighted by Crippen LogP contribution is 2.31. The van der Waals surface area contributed by atoms with E-state index in [9.17, 15) is 4.79 Å². The molecule has 2 aromatic carbocycles. The number of hydrogen-bond acceptors (Lipinski definition) is 1. The first-order chi connectivity index (χ1) is 9.24. The van der Waals surface area contributed by atoms with Crippen LogP contribution in [0.3, 0.4) is 0 Å². The third-order valence-electron chi connectivity index (χ3n) is 3.48. The van der Waals surface area contributed by atoms with Crippen molar-refractivity contribution >= 4 is 27.6 Å². The number of para-hydroxylation sites is 2. The van der Waals surface area contributed by atoms with Gasteiger partial charge < -0.3 is 4.57 Å². The molecule has 0 saturated heterocycles. The van der Waals surface area contributed by atoms with Gasteiger partial charge >= 0.3 is 0 Å². The maximum Gasteiger partial charge on any atom is 0.161 e. The molecule has 0 spiro atoms. The molecule has 0 fully saturated rings. The Morgan fingerprint density at radius 1 is 1.16 bits per heavy atom. The molecule has 2 nitrogen and oxygen atoms in total. The molecule has 3 rings (SSSR count). The zero-order valence-corrected chi connectivity index (χ0v) is 10.9. The maximum absolute atomic E-state index is 11.9. The molecule has 0 amide bonds. The van der Waals surface area contributed by atoms with E-state index in [1.54, 1.807) is 6.92 Å². The van der Waals surface area contributed by atoms with Crippen LogP contribution in [-0.4, -0.2) is 10.4 Å². The highest BCUT2D eigenvalue weighted by Gasteiger charge is 2.14. The van der Waals surface area contributed by atoms with Crippen LogP contribution in [0.1, 0.15) is 17.3 Å². The number of carbonyl (C=O) groups excluding carboxylic acids is 1. The standard InChI is InChI=1S/C17H15NO/c1-3-11-18-16-10-5-4-7-14(16)15-9-6-8-13(12(2)19)17(15)18/h3-10H,1,11H2,2H3. The number of nitrogens with zero attached hydrogens (tertiary/aromatic N) is 1. The highest BCUT2D eigenvalue weighted by atomic mass is 16.1. The lowest BCUT2D eigenvalue weighted by Crippen LogP contribution is -2.00. The van der Waals surface area contributed by atoms with Gasteiger partial charge in [0.05, 0.1) is 5.52 Å². The summed E-state index contributed by atoms with van der Waals surface area (Å²) in [5, 5.41) is 2.31. The molecule has 0 radical (unpaired) electrons. The molecule has 0 saturated carbocycles. The summed E-state index contributed by atoms with van der Waals surface area (Å²) in [7, 11) is 0. The number of rotatable bonds is 3. The first kappa shape index (κ1) is 11.7. The Kier molecular flexibility index (Phi) is 2.71. The average Bonchev–Trinajstić information content (AvgIpc) is 2.74. The van der Waals surface area contributed by atoms with Crippen molar-refractivity contribution in [3.63, 3.8) is 0 Å². The summed E-state index contributed by atoms with van der Waals surface area (Å²) in [5.41, 5.74) is 2.93. The molecule has 19 heavy (non-hydrogen) atoms. The van der Waals surface area contributed by atoms with Crippen molar-refractivity contribution in [3.8, 4) is 0 Å². The molecule has 0 bridgehead atoms. The normalized spacial score (nSPS) is 11.0. The Balaban J connectivity index is 2.56. The smallest absolute Gasteiger partial charge is 0.161 e. The van der Waals surface area contributed by atoms with E-state index in [4.69, 9.17) is 0 Å². The zero-order chi connectivity index (χ0) is 13.4. The van der Waals surface area contributed by atoms with E-state index in [2.05, 4.69) is 29.3 Å². The number of allylic oxidation sites excluding steroid dienone is 1. The van der Waals surface area contributed by atoms with E-state index in [1.165, 1.54) is 5.39 Å². The van der Waals surface area contributed by atoms with Gasteiger partial charge in [-0.05, 0) is 19.1 Å². The summed E-state index contributed by atoms with van der Waals surface area (Å²) in [6, 6.07) is 14.1. The van der Waals surface area contributed by atoms with Crippen LogP contribution in [0.5, 0.6) is 0 Å². The van der Waals surface area contributed by atoms with Gasteiger partial charge in [-0.25, -0.2) is 0 Å². The molecule has 0 atom stereocenters. The van der Waals surface area contributed by atoms with Gasteiger partial charge in [-0.15, -0.1) is 6.58 Å². The molecule has 1 heterocycles. The van der Waals surface area contributed by atoms with E-state index in [1.807, 2.05) is 30.3 Å². The number of ketones is 1. The summed E-state index contributed by atoms with van der Waals surface area (Å²) < 4.78 is 2.16. The molecule has 0 N–H and O–H groups in total. The average molecular weight is 249 g/mol. The Hall–Kier alpha value is -2.35. The summed E-state index contributed by atoms with van der Waals surface area (Å²) in [6.45, 7) is 6.14. The van der Waals surface area contributed by atoms with Crippen molar-refractivity contribution in [1.29, 1.82) is 0 Å². The molecule has 0 aliphatic carbocycles. The van der Waals surface area contributed by atoms with Crippen LogP contribution in [0.2, 0.25) is 0 Å². The minimum atomic E-state index is 0.0960. The number of aromatic nitrogens is 1. The quantitative estimate of drug-likeness (QED) is 0.504. The minimum absolute atomic E-state index is 0.0960. The van der Waals surface area contributed by atoms with Gasteiger partial charge in [-0.3, -0.25) is 4.79 Å². The first-order valence-corrected chi connectivity index (χ1v) is 6.36. The van der Waals surface area contributed by atoms with Gasteiger partial charge in [0.1, 0.15) is 0 Å². The lowest BCUT2D eigenvalue weighted by Gasteiger charge is -2.06. The lowest BCUT2D eigenvalue weighted by atomic mass is 10.1. The van der Waals surface area contributed by atoms with Crippen LogP contribution in [0, 0.1) is 0 Å². The van der Waals surface area contributed by atoms with Crippen LogP contribution >= 0.6 is 0 Å². The number of Topliss-reactive ketones (excluding diaryl/α,β-unsaturated/α-hetero) is 1. The minimum Gasteiger partial charge on any atom is -0.336 e. The third-order valence-corrected chi connectivity index (χ3v) is 3.48. The number of hydrogen-bond donors (Lipinski definition) is 0. The van der Waals surface area contributed by atoms with Crippen LogP contribution in [-0.2, 0) is 6.54 Å². The first-order valence-electron chi connectivity index (χ1n) is 6.36. The lowest BCUT2D eigenvalue weighted by molar-refractivity contribution is 0.101. The molecule has 0 aliphatic rings. The van der Waals surface area contributed by atoms with E-state index < -0.39 is 0 Å². The van der Waals surface area contributed by atoms with Crippen LogP contribution in [0.25, 0.3) is 21.8 Å². The summed E-state index contributed by atoms with van der Waals surface area (Å²) in [4.78, 5) is 11.9. The van der Waals surface area contributed by atoms with Gasteiger partial charge in [-0.2, -0.15) is 0 Å². The van der Waals surface area contributed by atoms with Crippen molar-refractivity contribution < 1.29 is 4.79 Å². The molecule has 94 valence electrons. The fraction of sp³-hybridized carbons (Fsp3) is 0.118. The van der Waals surface area contributed by atoms with E-state index in [-0.39, 0.29) is 5.78 Å². The second-order valence-corrected chi connectivity index (χ2v) is 4.67. The third kappa shape index (κ3) is 1.68. The topological polar surface area (TPSA) is 22.0 Å². The van der Waals surface area contributed by atoms with Gasteiger partial charge in [-0.1, -0.05) is 36.4 Å². The molecule has 0 aliphatic heterocycles. The van der Waals surface area contributed by atoms with Crippen molar-refractivity contribution in [2.75, 3.05) is 0 Å². The summed E-state index contributed by atoms with van der Waals surface area (Å²) in [5.74, 6) is 0.0960. The Labute approximate surface area is 112 Å². The maximum atomic E-state index is 11.9. The predicted octanol–water partition coefficient (Wildman–Crippen LogP) is 4.18. The summed E-state index contributed by atoms with van der Waals surface area (Å²) >= 11 is 0. The van der Waals surface area contributed by atoms with E-state index in [0.29, 0.717) is 6.54 Å². The largest absolute Gasteiger partial charge is 0.336 e. The van der Waals surface area contributed by atoms with Crippen molar-refractivity contribution in [1.82, 2.24) is 4.57 Å². The van der Waals surface area contributed by atoms with Crippen molar-refractivity contribution in [2.24, 2.45) is 0 Å². The van der Waals surface area contributed by atoms with E-state index in [0.717, 1.165) is 22.0 Å². The van der Waals surface area contributed by atoms with Gasteiger partial charge in [0, 0.05) is 28.4 Å². The molecule has 2 heteroatoms. The number of carbonyl (C=O) groups is 1. The van der Waals surface area contributed by atoms with Crippen molar-refractivity contribution in [2.45, 2.75) is 13.5 Å². The molecule has 1 aromatic heterocycles. The van der Waals surface area contributed by atoms with Crippen LogP contribution in [0.15, 0.2) is 55.1 Å². The fourth-order valence-corrected chi connectivity index (χ4v) is 2.71. The van der Waals surface area contributed by atoms with Crippen molar-refractivity contribution in [3.05, 3.63) is 60.7 Å². The second-order valence-electron chi connectivity index (χ2n) is 4.67. The molecular weight excluding hydrogens is 234 g/mol. The van der Waals surface area contributed by atoms with Crippen LogP contribution < -0.4 is 0 Å². The Morgan fingerprint density at radius 2 is 1.89 bits per heavy atom. The second kappa shape index (κ2) is 4.39. The zero-order valence-electron chi connectivity index (χ0n) is 10.9. The van der Waals surface area contributed by atoms with Gasteiger partial charge in [0.2, 0.25) is 0 Å². The molecule has 3 aromatic rings. The number of fused-ring (bicyclic) bond motifs is 3. The number of benzene rings is 2. The fourth-order valence-electron chi connectivity index (χ4n) is 2.71. The van der Waals surface area contributed by atoms with Gasteiger partial charge in [0.15, 0.2) is 5.78 Å². The molecular formula is C17H15NO. The SMILES string of the molecule is C=CCn1c2ccccc2c2cccc(C(C)=O)c21. The highest BCUT2D eigenvalue weighted by molar-refractivity contribution is 6.15. The Morgan fingerprint density at radius 3 is 2.63 bits per heavy atom. The monoisotopic (exact) mass is 249 g/mol. The molecule has 0 unspecified atom stereocenters.